The second-order valence-electron chi connectivity index (χ2n) is 5.24. The van der Waals surface area contributed by atoms with Crippen LogP contribution in [0.1, 0.15) is 5.56 Å². The van der Waals surface area contributed by atoms with E-state index in [1.807, 2.05) is 0 Å². The second-order valence-corrected chi connectivity index (χ2v) is 9.31. The van der Waals surface area contributed by atoms with E-state index in [2.05, 4.69) is 4.72 Å². The normalized spacial score (nSPS) is 11.9. The van der Waals surface area contributed by atoms with E-state index in [9.17, 15) is 21.6 Å². The molecule has 2 N–H and O–H groups in total. The van der Waals surface area contributed by atoms with E-state index in [1.54, 1.807) is 0 Å². The highest BCUT2D eigenvalue weighted by Gasteiger charge is 2.21. The predicted octanol–water partition coefficient (Wildman–Crippen LogP) is 2.17. The van der Waals surface area contributed by atoms with Crippen molar-refractivity contribution >= 4 is 43.1 Å². The van der Waals surface area contributed by atoms with Crippen molar-refractivity contribution in [1.29, 1.82) is 0 Å². The summed E-state index contributed by atoms with van der Waals surface area (Å²) in [6.45, 7) is 0. The number of sulfonamides is 1. The number of sulfone groups is 1. The van der Waals surface area contributed by atoms with Crippen LogP contribution >= 0.6 is 11.6 Å². The Labute approximate surface area is 150 Å². The third-order valence-corrected chi connectivity index (χ3v) is 6.15. The lowest BCUT2D eigenvalue weighted by Crippen LogP contribution is -2.14. The molecule has 7 nitrogen and oxygen atoms in total. The zero-order valence-electron chi connectivity index (χ0n) is 12.9. The summed E-state index contributed by atoms with van der Waals surface area (Å²) in [7, 11) is -7.72. The molecule has 0 aliphatic rings. The lowest BCUT2D eigenvalue weighted by atomic mass is 10.1. The van der Waals surface area contributed by atoms with Crippen molar-refractivity contribution in [2.75, 3.05) is 11.0 Å². The first-order chi connectivity index (χ1) is 11.5. The number of aliphatic carboxylic acids is 1. The van der Waals surface area contributed by atoms with Gasteiger partial charge in [-0.3, -0.25) is 9.52 Å². The van der Waals surface area contributed by atoms with Crippen LogP contribution < -0.4 is 4.72 Å². The van der Waals surface area contributed by atoms with Gasteiger partial charge >= 0.3 is 5.97 Å². The topological polar surface area (TPSA) is 118 Å². The fourth-order valence-corrected chi connectivity index (χ4v) is 4.30. The van der Waals surface area contributed by atoms with Gasteiger partial charge < -0.3 is 5.11 Å². The van der Waals surface area contributed by atoms with Crippen LogP contribution in [0.4, 0.5) is 5.69 Å². The predicted molar refractivity (Wildman–Crippen MR) is 93.2 cm³/mol. The average Bonchev–Trinajstić information content (AvgIpc) is 2.47. The third-order valence-electron chi connectivity index (χ3n) is 3.18. The number of carboxylic acid groups (broad SMARTS) is 1. The molecule has 0 aliphatic heterocycles. The minimum atomic E-state index is -4.13. The van der Waals surface area contributed by atoms with Crippen molar-refractivity contribution in [3.05, 3.63) is 53.1 Å². The Morgan fingerprint density at radius 2 is 1.68 bits per heavy atom. The van der Waals surface area contributed by atoms with E-state index in [0.717, 1.165) is 12.3 Å². The Morgan fingerprint density at radius 3 is 2.20 bits per heavy atom. The first-order valence-corrected chi connectivity index (χ1v) is 10.6. The molecule has 0 bridgehead atoms. The Morgan fingerprint density at radius 1 is 1.08 bits per heavy atom. The van der Waals surface area contributed by atoms with Gasteiger partial charge in [-0.25, -0.2) is 16.8 Å². The molecule has 2 rings (SSSR count). The lowest BCUT2D eigenvalue weighted by molar-refractivity contribution is -0.136. The Balaban J connectivity index is 2.35. The summed E-state index contributed by atoms with van der Waals surface area (Å²) < 4.78 is 50.4. The van der Waals surface area contributed by atoms with Gasteiger partial charge in [-0.15, -0.1) is 0 Å². The smallest absolute Gasteiger partial charge is 0.307 e. The SMILES string of the molecule is CS(=O)(=O)c1ccc(Cl)c(S(=O)(=O)Nc2ccc(CC(=O)O)cc2)c1. The number of hydrogen-bond donors (Lipinski definition) is 2. The molecule has 0 fully saturated rings. The van der Waals surface area contributed by atoms with E-state index in [0.29, 0.717) is 5.56 Å². The zero-order valence-corrected chi connectivity index (χ0v) is 15.3. The van der Waals surface area contributed by atoms with Gasteiger partial charge in [-0.05, 0) is 35.9 Å². The molecule has 2 aromatic carbocycles. The molecule has 0 spiro atoms. The van der Waals surface area contributed by atoms with Gasteiger partial charge in [0.2, 0.25) is 0 Å². The van der Waals surface area contributed by atoms with E-state index >= 15 is 0 Å². The van der Waals surface area contributed by atoms with Crippen molar-refractivity contribution in [1.82, 2.24) is 0 Å². The molecule has 0 radical (unpaired) electrons. The van der Waals surface area contributed by atoms with E-state index < -0.39 is 25.8 Å². The van der Waals surface area contributed by atoms with E-state index in [-0.39, 0.29) is 26.9 Å². The number of halogens is 1. The van der Waals surface area contributed by atoms with Crippen molar-refractivity contribution in [3.8, 4) is 0 Å². The van der Waals surface area contributed by atoms with Crippen LogP contribution in [-0.4, -0.2) is 34.2 Å². The van der Waals surface area contributed by atoms with Gasteiger partial charge in [-0.1, -0.05) is 23.7 Å². The Hall–Kier alpha value is -2.10. The molecule has 0 heterocycles. The third kappa shape index (κ3) is 4.94. The quantitative estimate of drug-likeness (QED) is 0.763. The largest absolute Gasteiger partial charge is 0.481 e. The monoisotopic (exact) mass is 403 g/mol. The Bertz CT molecular complexity index is 1010. The van der Waals surface area contributed by atoms with Crippen molar-refractivity contribution in [2.45, 2.75) is 16.2 Å². The molecule has 2 aromatic rings. The molecule has 134 valence electrons. The number of carbonyl (C=O) groups is 1. The maximum atomic E-state index is 12.5. The van der Waals surface area contributed by atoms with Crippen LogP contribution in [0.15, 0.2) is 52.3 Å². The summed E-state index contributed by atoms with van der Waals surface area (Å²) in [5, 5.41) is 8.60. The second kappa shape index (κ2) is 7.03. The lowest BCUT2D eigenvalue weighted by Gasteiger charge is -2.11. The minimum absolute atomic E-state index is 0.123. The van der Waals surface area contributed by atoms with Crippen LogP contribution in [0.2, 0.25) is 5.02 Å². The summed E-state index contributed by atoms with van der Waals surface area (Å²) in [4.78, 5) is 10.1. The van der Waals surface area contributed by atoms with Gasteiger partial charge in [-0.2, -0.15) is 0 Å². The highest BCUT2D eigenvalue weighted by atomic mass is 35.5. The molecular weight excluding hydrogens is 390 g/mol. The highest BCUT2D eigenvalue weighted by molar-refractivity contribution is 7.93. The van der Waals surface area contributed by atoms with E-state index in [4.69, 9.17) is 16.7 Å². The first kappa shape index (κ1) is 19.2. The molecule has 0 aliphatic carbocycles. The van der Waals surface area contributed by atoms with Crippen LogP contribution in [0.25, 0.3) is 0 Å². The molecule has 25 heavy (non-hydrogen) atoms. The zero-order chi connectivity index (χ0) is 18.8. The molecule has 10 heteroatoms. The number of benzene rings is 2. The summed E-state index contributed by atoms with van der Waals surface area (Å²) >= 11 is 5.90. The molecular formula is C15H14ClNO6S2. The summed E-state index contributed by atoms with van der Waals surface area (Å²) in [5.41, 5.74) is 0.697. The Kier molecular flexibility index (Phi) is 5.40. The van der Waals surface area contributed by atoms with Crippen molar-refractivity contribution < 1.29 is 26.7 Å². The maximum Gasteiger partial charge on any atom is 0.307 e. The van der Waals surface area contributed by atoms with Gasteiger partial charge in [0.25, 0.3) is 10.0 Å². The average molecular weight is 404 g/mol. The molecule has 0 atom stereocenters. The molecule has 0 saturated carbocycles. The summed E-state index contributed by atoms with van der Waals surface area (Å²) in [6, 6.07) is 9.16. The van der Waals surface area contributed by atoms with Crippen LogP contribution in [0.5, 0.6) is 0 Å². The van der Waals surface area contributed by atoms with E-state index in [1.165, 1.54) is 36.4 Å². The number of anilines is 1. The molecule has 0 amide bonds. The molecule has 0 saturated heterocycles. The van der Waals surface area contributed by atoms with Gasteiger partial charge in [0.1, 0.15) is 4.90 Å². The number of hydrogen-bond acceptors (Lipinski definition) is 5. The van der Waals surface area contributed by atoms with Crippen LogP contribution in [-0.2, 0) is 31.1 Å². The van der Waals surface area contributed by atoms with Gasteiger partial charge in [0.15, 0.2) is 9.84 Å². The minimum Gasteiger partial charge on any atom is -0.481 e. The maximum absolute atomic E-state index is 12.5. The standard InChI is InChI=1S/C15H14ClNO6S2/c1-24(20,21)12-6-7-13(16)14(9-12)25(22,23)17-11-4-2-10(3-5-11)8-15(18)19/h2-7,9,17H,8H2,1H3,(H,18,19). The van der Waals surface area contributed by atoms with Gasteiger partial charge in [0.05, 0.1) is 16.3 Å². The fraction of sp³-hybridized carbons (Fsp3) is 0.133. The van der Waals surface area contributed by atoms with Crippen molar-refractivity contribution in [2.24, 2.45) is 0 Å². The highest BCUT2D eigenvalue weighted by Crippen LogP contribution is 2.26. The van der Waals surface area contributed by atoms with Crippen LogP contribution in [0, 0.1) is 0 Å². The summed E-state index contributed by atoms with van der Waals surface area (Å²) in [6.07, 6.45) is 0.774. The first-order valence-electron chi connectivity index (χ1n) is 6.82. The number of carboxylic acids is 1. The molecule has 0 unspecified atom stereocenters. The summed E-state index contributed by atoms with van der Waals surface area (Å²) in [5.74, 6) is -1.00. The number of nitrogens with one attached hydrogen (secondary N) is 1. The number of rotatable bonds is 6. The fourth-order valence-electron chi connectivity index (χ4n) is 2.00. The van der Waals surface area contributed by atoms with Crippen molar-refractivity contribution in [3.63, 3.8) is 0 Å². The van der Waals surface area contributed by atoms with Crippen LogP contribution in [0.3, 0.4) is 0 Å². The molecule has 0 aromatic heterocycles. The van der Waals surface area contributed by atoms with Gasteiger partial charge in [0, 0.05) is 11.9 Å².